The number of para-hydroxylation sites is 2. The van der Waals surface area contributed by atoms with Gasteiger partial charge in [-0.2, -0.15) is 0 Å². The molecule has 0 aliphatic rings. The second-order valence-electron chi connectivity index (χ2n) is 6.70. The third kappa shape index (κ3) is 5.23. The van der Waals surface area contributed by atoms with E-state index in [0.717, 1.165) is 5.56 Å². The van der Waals surface area contributed by atoms with Gasteiger partial charge in [0.15, 0.2) is 6.61 Å². The van der Waals surface area contributed by atoms with Crippen molar-refractivity contribution in [1.82, 2.24) is 4.90 Å². The smallest absolute Gasteiger partial charge is 0.260 e. The van der Waals surface area contributed by atoms with Crippen LogP contribution in [0.3, 0.4) is 0 Å². The highest BCUT2D eigenvalue weighted by molar-refractivity contribution is 6.06. The number of carbonyl (C=O) groups excluding carboxylic acids is 2. The van der Waals surface area contributed by atoms with E-state index in [0.29, 0.717) is 17.0 Å². The van der Waals surface area contributed by atoms with E-state index in [4.69, 9.17) is 4.74 Å². The van der Waals surface area contributed by atoms with Crippen LogP contribution >= 0.6 is 0 Å². The lowest BCUT2D eigenvalue weighted by atomic mass is 10.1. The Bertz CT molecular complexity index is 958. The van der Waals surface area contributed by atoms with Gasteiger partial charge >= 0.3 is 0 Å². The van der Waals surface area contributed by atoms with Crippen molar-refractivity contribution in [2.75, 3.05) is 19.0 Å². The molecule has 0 fully saturated rings. The highest BCUT2D eigenvalue weighted by atomic mass is 16.5. The van der Waals surface area contributed by atoms with Gasteiger partial charge < -0.3 is 15.0 Å². The number of benzene rings is 3. The monoisotopic (exact) mass is 388 g/mol. The summed E-state index contributed by atoms with van der Waals surface area (Å²) in [5, 5.41) is 2.83. The summed E-state index contributed by atoms with van der Waals surface area (Å²) < 4.78 is 5.71. The summed E-state index contributed by atoms with van der Waals surface area (Å²) in [5.74, 6) is -0.0834. The van der Waals surface area contributed by atoms with E-state index in [-0.39, 0.29) is 24.5 Å². The van der Waals surface area contributed by atoms with Gasteiger partial charge in [0.2, 0.25) is 0 Å². The van der Waals surface area contributed by atoms with Gasteiger partial charge in [-0.1, -0.05) is 60.7 Å². The highest BCUT2D eigenvalue weighted by Crippen LogP contribution is 2.21. The lowest BCUT2D eigenvalue weighted by Gasteiger charge is -2.25. The highest BCUT2D eigenvalue weighted by Gasteiger charge is 2.19. The molecular weight excluding hydrogens is 364 g/mol. The maximum Gasteiger partial charge on any atom is 0.260 e. The molecule has 5 heteroatoms. The lowest BCUT2D eigenvalue weighted by Crippen LogP contribution is -2.33. The van der Waals surface area contributed by atoms with E-state index >= 15 is 0 Å². The van der Waals surface area contributed by atoms with Crippen LogP contribution in [0.5, 0.6) is 5.75 Å². The summed E-state index contributed by atoms with van der Waals surface area (Å²) in [6.45, 7) is 1.82. The second-order valence-corrected chi connectivity index (χ2v) is 6.70. The molecular formula is C24H24N2O3. The average Bonchev–Trinajstić information content (AvgIpc) is 2.78. The number of likely N-dealkylation sites (N-methyl/N-ethyl adjacent to an activating group) is 1. The first-order chi connectivity index (χ1) is 14.1. The quantitative estimate of drug-likeness (QED) is 0.647. The van der Waals surface area contributed by atoms with Crippen LogP contribution in [0.25, 0.3) is 0 Å². The molecule has 1 atom stereocenters. The SMILES string of the molecule is CC(c1ccccc1)N(C)C(=O)COc1ccccc1C(=O)Nc1ccccc1. The van der Waals surface area contributed by atoms with E-state index in [2.05, 4.69) is 5.32 Å². The van der Waals surface area contributed by atoms with Crippen LogP contribution in [0.2, 0.25) is 0 Å². The molecule has 0 aromatic heterocycles. The number of ether oxygens (including phenoxy) is 1. The van der Waals surface area contributed by atoms with E-state index in [1.165, 1.54) is 0 Å². The third-order valence-corrected chi connectivity index (χ3v) is 4.77. The Morgan fingerprint density at radius 2 is 1.48 bits per heavy atom. The minimum Gasteiger partial charge on any atom is -0.483 e. The molecule has 0 aliphatic heterocycles. The number of rotatable bonds is 7. The molecule has 1 N–H and O–H groups in total. The van der Waals surface area contributed by atoms with Crippen LogP contribution in [0.1, 0.15) is 28.9 Å². The molecule has 1 unspecified atom stereocenters. The summed E-state index contributed by atoms with van der Waals surface area (Å²) >= 11 is 0. The first-order valence-electron chi connectivity index (χ1n) is 9.45. The molecule has 3 rings (SSSR count). The fraction of sp³-hybridized carbons (Fsp3) is 0.167. The Morgan fingerprint density at radius 1 is 0.897 bits per heavy atom. The fourth-order valence-corrected chi connectivity index (χ4v) is 2.91. The van der Waals surface area contributed by atoms with Crippen LogP contribution in [0.15, 0.2) is 84.9 Å². The normalized spacial score (nSPS) is 11.4. The van der Waals surface area contributed by atoms with Crippen molar-refractivity contribution in [2.45, 2.75) is 13.0 Å². The number of carbonyl (C=O) groups is 2. The Labute approximate surface area is 170 Å². The average molecular weight is 388 g/mol. The molecule has 148 valence electrons. The Hall–Kier alpha value is -3.60. The number of anilines is 1. The van der Waals surface area contributed by atoms with Crippen LogP contribution in [-0.2, 0) is 4.79 Å². The van der Waals surface area contributed by atoms with Crippen LogP contribution in [-0.4, -0.2) is 30.4 Å². The van der Waals surface area contributed by atoms with Crippen LogP contribution < -0.4 is 10.1 Å². The number of nitrogens with zero attached hydrogens (tertiary/aromatic N) is 1. The van der Waals surface area contributed by atoms with Gasteiger partial charge in [-0.05, 0) is 36.8 Å². The Kier molecular flexibility index (Phi) is 6.63. The fourth-order valence-electron chi connectivity index (χ4n) is 2.91. The standard InChI is InChI=1S/C24H24N2O3/c1-18(19-11-5-3-6-12-19)26(2)23(27)17-29-22-16-10-9-15-21(22)24(28)25-20-13-7-4-8-14-20/h3-16,18H,17H2,1-2H3,(H,25,28). The Morgan fingerprint density at radius 3 is 2.17 bits per heavy atom. The van der Waals surface area contributed by atoms with Gasteiger partial charge in [-0.3, -0.25) is 9.59 Å². The molecule has 0 radical (unpaired) electrons. The van der Waals surface area contributed by atoms with Gasteiger partial charge in [0, 0.05) is 12.7 Å². The van der Waals surface area contributed by atoms with Crippen molar-refractivity contribution < 1.29 is 14.3 Å². The van der Waals surface area contributed by atoms with Gasteiger partial charge in [0.05, 0.1) is 11.6 Å². The second kappa shape index (κ2) is 9.55. The largest absolute Gasteiger partial charge is 0.483 e. The first kappa shape index (κ1) is 20.1. The zero-order chi connectivity index (χ0) is 20.6. The van der Waals surface area contributed by atoms with Crippen molar-refractivity contribution in [3.63, 3.8) is 0 Å². The van der Waals surface area contributed by atoms with Crippen molar-refractivity contribution in [3.05, 3.63) is 96.1 Å². The van der Waals surface area contributed by atoms with Crippen molar-refractivity contribution in [2.24, 2.45) is 0 Å². The van der Waals surface area contributed by atoms with Gasteiger partial charge in [-0.15, -0.1) is 0 Å². The molecule has 0 bridgehead atoms. The van der Waals surface area contributed by atoms with Gasteiger partial charge in [-0.25, -0.2) is 0 Å². The summed E-state index contributed by atoms with van der Waals surface area (Å²) in [6, 6.07) is 25.8. The Balaban J connectivity index is 1.65. The summed E-state index contributed by atoms with van der Waals surface area (Å²) in [7, 11) is 1.75. The van der Waals surface area contributed by atoms with Crippen LogP contribution in [0, 0.1) is 0 Å². The number of hydrogen-bond acceptors (Lipinski definition) is 3. The molecule has 5 nitrogen and oxygen atoms in total. The maximum atomic E-state index is 12.6. The third-order valence-electron chi connectivity index (χ3n) is 4.77. The summed E-state index contributed by atoms with van der Waals surface area (Å²) in [6.07, 6.45) is 0. The van der Waals surface area contributed by atoms with E-state index in [9.17, 15) is 9.59 Å². The van der Waals surface area contributed by atoms with Crippen molar-refractivity contribution in [3.8, 4) is 5.75 Å². The molecule has 3 aromatic carbocycles. The van der Waals surface area contributed by atoms with Crippen molar-refractivity contribution >= 4 is 17.5 Å². The molecule has 0 saturated carbocycles. The minimum absolute atomic E-state index is 0.0797. The molecule has 3 aromatic rings. The van der Waals surface area contributed by atoms with E-state index in [1.807, 2.05) is 67.6 Å². The number of amides is 2. The molecule has 0 heterocycles. The van der Waals surface area contributed by atoms with Gasteiger partial charge in [0.25, 0.3) is 11.8 Å². The molecule has 0 aliphatic carbocycles. The summed E-state index contributed by atoms with van der Waals surface area (Å²) in [4.78, 5) is 26.9. The number of nitrogens with one attached hydrogen (secondary N) is 1. The minimum atomic E-state index is -0.287. The molecule has 0 spiro atoms. The predicted octanol–water partition coefficient (Wildman–Crippen LogP) is 4.54. The zero-order valence-corrected chi connectivity index (χ0v) is 16.5. The lowest BCUT2D eigenvalue weighted by molar-refractivity contribution is -0.134. The zero-order valence-electron chi connectivity index (χ0n) is 16.5. The van der Waals surface area contributed by atoms with E-state index < -0.39 is 0 Å². The molecule has 29 heavy (non-hydrogen) atoms. The number of hydrogen-bond donors (Lipinski definition) is 1. The van der Waals surface area contributed by atoms with E-state index in [1.54, 1.807) is 36.2 Å². The first-order valence-corrected chi connectivity index (χ1v) is 9.45. The maximum absolute atomic E-state index is 12.6. The molecule has 0 saturated heterocycles. The topological polar surface area (TPSA) is 58.6 Å². The summed E-state index contributed by atoms with van der Waals surface area (Å²) in [5.41, 5.74) is 2.12. The van der Waals surface area contributed by atoms with Gasteiger partial charge in [0.1, 0.15) is 5.75 Å². The molecule has 2 amide bonds. The van der Waals surface area contributed by atoms with Crippen LogP contribution in [0.4, 0.5) is 5.69 Å². The van der Waals surface area contributed by atoms with Crippen molar-refractivity contribution in [1.29, 1.82) is 0 Å². The predicted molar refractivity (Wildman–Crippen MR) is 114 cm³/mol.